The number of hydrogen-bond donors (Lipinski definition) is 1. The molecule has 0 aliphatic carbocycles. The summed E-state index contributed by atoms with van der Waals surface area (Å²) in [6, 6.07) is 3.74. The summed E-state index contributed by atoms with van der Waals surface area (Å²) in [5, 5.41) is 8.59. The van der Waals surface area contributed by atoms with Gasteiger partial charge in [-0.15, -0.1) is 11.3 Å². The summed E-state index contributed by atoms with van der Waals surface area (Å²) in [5.41, 5.74) is 2.97. The van der Waals surface area contributed by atoms with E-state index in [-0.39, 0.29) is 18.6 Å². The molecule has 0 bridgehead atoms. The van der Waals surface area contributed by atoms with E-state index in [9.17, 15) is 9.18 Å². The SMILES string of the molecule is Cn1cc(-n2ccc3nc(Cc4cc(C(=O)NCCF)cs4)nc(OC4CCOCC4)c32)cn1. The summed E-state index contributed by atoms with van der Waals surface area (Å²) in [6.45, 7) is 0.741. The molecule has 5 rings (SSSR count). The number of amides is 1. The van der Waals surface area contributed by atoms with Crippen molar-refractivity contribution in [1.82, 2.24) is 29.6 Å². The molecule has 1 fully saturated rings. The fourth-order valence-corrected chi connectivity index (χ4v) is 4.79. The van der Waals surface area contributed by atoms with Gasteiger partial charge in [0.15, 0.2) is 0 Å². The maximum absolute atomic E-state index is 12.4. The lowest BCUT2D eigenvalue weighted by molar-refractivity contribution is 0.0242. The van der Waals surface area contributed by atoms with Crippen molar-refractivity contribution in [2.75, 3.05) is 26.4 Å². The molecule has 1 amide bonds. The molecule has 4 aromatic rings. The van der Waals surface area contributed by atoms with Crippen LogP contribution in [-0.2, 0) is 18.2 Å². The number of ether oxygens (including phenoxy) is 2. The van der Waals surface area contributed by atoms with E-state index in [4.69, 9.17) is 19.4 Å². The molecule has 1 aliphatic rings. The van der Waals surface area contributed by atoms with Crippen LogP contribution in [-0.4, -0.2) is 62.8 Å². The summed E-state index contributed by atoms with van der Waals surface area (Å²) in [7, 11) is 1.87. The number of alkyl halides is 1. The summed E-state index contributed by atoms with van der Waals surface area (Å²) in [5.74, 6) is 0.850. The van der Waals surface area contributed by atoms with Gasteiger partial charge in [-0.2, -0.15) is 10.1 Å². The average Bonchev–Trinajstić information content (AvgIpc) is 3.58. The third kappa shape index (κ3) is 4.80. The van der Waals surface area contributed by atoms with Gasteiger partial charge in [-0.25, -0.2) is 9.37 Å². The van der Waals surface area contributed by atoms with Crippen LogP contribution < -0.4 is 10.1 Å². The van der Waals surface area contributed by atoms with Gasteiger partial charge in [-0.05, 0) is 12.1 Å². The molecule has 9 nitrogen and oxygen atoms in total. The van der Waals surface area contributed by atoms with Gasteiger partial charge in [0.1, 0.15) is 24.1 Å². The summed E-state index contributed by atoms with van der Waals surface area (Å²) >= 11 is 1.45. The van der Waals surface area contributed by atoms with E-state index in [1.807, 2.05) is 30.1 Å². The van der Waals surface area contributed by atoms with Gasteiger partial charge in [0.05, 0.1) is 36.2 Å². The predicted molar refractivity (Wildman–Crippen MR) is 126 cm³/mol. The van der Waals surface area contributed by atoms with Gasteiger partial charge in [0.25, 0.3) is 5.91 Å². The second kappa shape index (κ2) is 9.90. The Kier molecular flexibility index (Phi) is 6.54. The van der Waals surface area contributed by atoms with E-state index < -0.39 is 6.67 Å². The van der Waals surface area contributed by atoms with Crippen LogP contribution in [0.25, 0.3) is 16.7 Å². The Morgan fingerprint density at radius 1 is 1.35 bits per heavy atom. The number of halogens is 1. The fraction of sp³-hybridized carbons (Fsp3) is 0.391. The van der Waals surface area contributed by atoms with Crippen LogP contribution in [0.5, 0.6) is 5.88 Å². The average molecular weight is 485 g/mol. The molecular weight excluding hydrogens is 459 g/mol. The lowest BCUT2D eigenvalue weighted by atomic mass is 10.1. The largest absolute Gasteiger partial charge is 0.473 e. The number of hydrogen-bond acceptors (Lipinski definition) is 7. The molecular formula is C23H25FN6O3S. The van der Waals surface area contributed by atoms with E-state index in [2.05, 4.69) is 10.4 Å². The first-order chi connectivity index (χ1) is 16.6. The standard InChI is InChI=1S/C23H25FN6O3S/c1-29-13-16(12-26-29)30-7-2-19-21(30)23(33-17-3-8-32-9-4-17)28-20(27-19)11-18-10-15(14-34-18)22(31)25-6-5-24/h2,7,10,12-14,17H,3-6,8-9,11H2,1H3,(H,25,31). The third-order valence-corrected chi connectivity index (χ3v) is 6.53. The van der Waals surface area contributed by atoms with Gasteiger partial charge in [-0.1, -0.05) is 0 Å². The van der Waals surface area contributed by atoms with Crippen molar-refractivity contribution in [3.8, 4) is 11.6 Å². The number of nitrogens with zero attached hydrogens (tertiary/aromatic N) is 5. The molecule has 0 unspecified atom stereocenters. The Labute approximate surface area is 199 Å². The molecule has 0 radical (unpaired) electrons. The number of aromatic nitrogens is 5. The Hall–Kier alpha value is -3.31. The van der Waals surface area contributed by atoms with Crippen molar-refractivity contribution < 1.29 is 18.7 Å². The number of rotatable bonds is 8. The molecule has 178 valence electrons. The van der Waals surface area contributed by atoms with Crippen molar-refractivity contribution in [2.24, 2.45) is 7.05 Å². The van der Waals surface area contributed by atoms with Gasteiger partial charge in [-0.3, -0.25) is 9.48 Å². The highest BCUT2D eigenvalue weighted by Gasteiger charge is 2.21. The highest BCUT2D eigenvalue weighted by molar-refractivity contribution is 7.10. The first-order valence-electron chi connectivity index (χ1n) is 11.1. The van der Waals surface area contributed by atoms with Crippen molar-refractivity contribution in [3.05, 3.63) is 52.4 Å². The minimum absolute atomic E-state index is 0.00458. The second-order valence-electron chi connectivity index (χ2n) is 8.09. The van der Waals surface area contributed by atoms with E-state index in [1.165, 1.54) is 11.3 Å². The van der Waals surface area contributed by atoms with Gasteiger partial charge in [0, 0.05) is 55.5 Å². The van der Waals surface area contributed by atoms with E-state index in [0.717, 1.165) is 34.4 Å². The van der Waals surface area contributed by atoms with Crippen LogP contribution >= 0.6 is 11.3 Å². The minimum atomic E-state index is -0.592. The number of carbonyl (C=O) groups excluding carboxylic acids is 1. The minimum Gasteiger partial charge on any atom is -0.473 e. The zero-order valence-corrected chi connectivity index (χ0v) is 19.6. The highest BCUT2D eigenvalue weighted by Crippen LogP contribution is 2.30. The van der Waals surface area contributed by atoms with Crippen LogP contribution in [0.15, 0.2) is 36.1 Å². The second-order valence-corrected chi connectivity index (χ2v) is 9.09. The van der Waals surface area contributed by atoms with Gasteiger partial charge >= 0.3 is 0 Å². The normalized spacial score (nSPS) is 14.5. The molecule has 0 saturated carbocycles. The fourth-order valence-electron chi connectivity index (χ4n) is 3.93. The molecule has 1 saturated heterocycles. The summed E-state index contributed by atoms with van der Waals surface area (Å²) < 4.78 is 27.9. The highest BCUT2D eigenvalue weighted by atomic mass is 32.1. The monoisotopic (exact) mass is 484 g/mol. The first kappa shape index (κ1) is 22.5. The van der Waals surface area contributed by atoms with Crippen LogP contribution in [0.3, 0.4) is 0 Å². The predicted octanol–water partition coefficient (Wildman–Crippen LogP) is 3.06. The lowest BCUT2D eigenvalue weighted by Gasteiger charge is -2.23. The number of carbonyl (C=O) groups is 1. The quantitative estimate of drug-likeness (QED) is 0.413. The number of nitrogens with one attached hydrogen (secondary N) is 1. The number of thiophene rings is 1. The summed E-state index contributed by atoms with van der Waals surface area (Å²) in [6.07, 6.45) is 7.73. The molecule has 5 heterocycles. The van der Waals surface area contributed by atoms with E-state index in [1.54, 1.807) is 22.3 Å². The maximum atomic E-state index is 12.4. The molecule has 1 N–H and O–H groups in total. The molecule has 1 aliphatic heterocycles. The third-order valence-electron chi connectivity index (χ3n) is 5.59. The number of aryl methyl sites for hydroxylation is 1. The van der Waals surface area contributed by atoms with Gasteiger partial charge in [0.2, 0.25) is 5.88 Å². The molecule has 34 heavy (non-hydrogen) atoms. The van der Waals surface area contributed by atoms with Crippen molar-refractivity contribution in [3.63, 3.8) is 0 Å². The maximum Gasteiger partial charge on any atom is 0.252 e. The first-order valence-corrected chi connectivity index (χ1v) is 12.0. The van der Waals surface area contributed by atoms with Crippen LogP contribution in [0, 0.1) is 0 Å². The van der Waals surface area contributed by atoms with Crippen molar-refractivity contribution in [1.29, 1.82) is 0 Å². The van der Waals surface area contributed by atoms with E-state index in [0.29, 0.717) is 36.9 Å². The molecule has 11 heteroatoms. The van der Waals surface area contributed by atoms with Crippen molar-refractivity contribution in [2.45, 2.75) is 25.4 Å². The van der Waals surface area contributed by atoms with Gasteiger partial charge < -0.3 is 19.4 Å². The zero-order chi connectivity index (χ0) is 23.5. The Morgan fingerprint density at radius 2 is 2.21 bits per heavy atom. The topological polar surface area (TPSA) is 96.1 Å². The Bertz CT molecular complexity index is 1290. The van der Waals surface area contributed by atoms with Crippen molar-refractivity contribution >= 4 is 28.3 Å². The smallest absolute Gasteiger partial charge is 0.252 e. The Balaban J connectivity index is 1.47. The molecule has 0 aromatic carbocycles. The molecule has 0 atom stereocenters. The Morgan fingerprint density at radius 3 is 2.97 bits per heavy atom. The van der Waals surface area contributed by atoms with Crippen LogP contribution in [0.2, 0.25) is 0 Å². The summed E-state index contributed by atoms with van der Waals surface area (Å²) in [4.78, 5) is 22.6. The zero-order valence-electron chi connectivity index (χ0n) is 18.7. The van der Waals surface area contributed by atoms with E-state index >= 15 is 0 Å². The molecule has 4 aromatic heterocycles. The molecule has 0 spiro atoms. The lowest BCUT2D eigenvalue weighted by Crippen LogP contribution is -2.26. The van der Waals surface area contributed by atoms with Crippen LogP contribution in [0.1, 0.15) is 33.9 Å². The van der Waals surface area contributed by atoms with Crippen LogP contribution in [0.4, 0.5) is 4.39 Å². The number of fused-ring (bicyclic) bond motifs is 1.